The Labute approximate surface area is 194 Å². The Hall–Kier alpha value is -0.300. The maximum atomic E-state index is 10.3. The van der Waals surface area contributed by atoms with Crippen LogP contribution in [0.15, 0.2) is 11.6 Å². The van der Waals surface area contributed by atoms with E-state index in [1.165, 1.54) is 77.0 Å². The molecular weight excluding hydrogens is 376 g/mol. The van der Waals surface area contributed by atoms with E-state index in [1.807, 2.05) is 0 Å². The fourth-order valence-corrected chi connectivity index (χ4v) is 7.86. The first-order valence-corrected chi connectivity index (χ1v) is 14.0. The Morgan fingerprint density at radius 1 is 0.968 bits per heavy atom. The minimum absolute atomic E-state index is 0.102. The van der Waals surface area contributed by atoms with E-state index < -0.39 is 0 Å². The van der Waals surface area contributed by atoms with Crippen molar-refractivity contribution in [1.29, 1.82) is 0 Å². The first kappa shape index (κ1) is 25.3. The summed E-state index contributed by atoms with van der Waals surface area (Å²) in [5, 5.41) is 10.3. The molecule has 2 saturated carbocycles. The molecule has 0 amide bonds. The van der Waals surface area contributed by atoms with Gasteiger partial charge in [-0.1, -0.05) is 85.3 Å². The van der Waals surface area contributed by atoms with Crippen LogP contribution < -0.4 is 0 Å². The Bertz CT molecular complexity index is 591. The van der Waals surface area contributed by atoms with Gasteiger partial charge in [0.15, 0.2) is 0 Å². The molecule has 0 saturated heterocycles. The van der Waals surface area contributed by atoms with Crippen LogP contribution in [0, 0.1) is 40.4 Å². The molecule has 0 spiro atoms. The predicted molar refractivity (Wildman–Crippen MR) is 135 cm³/mol. The fraction of sp³-hybridized carbons (Fsp3) is 0.933. The summed E-state index contributed by atoms with van der Waals surface area (Å²) in [7, 11) is 0. The van der Waals surface area contributed by atoms with Crippen LogP contribution in [0.5, 0.6) is 0 Å². The first-order valence-electron chi connectivity index (χ1n) is 14.0. The van der Waals surface area contributed by atoms with E-state index in [-0.39, 0.29) is 6.10 Å². The second-order valence-corrected chi connectivity index (χ2v) is 13.1. The molecule has 7 atom stereocenters. The van der Waals surface area contributed by atoms with Crippen LogP contribution in [0.25, 0.3) is 0 Å². The molecule has 0 aromatic carbocycles. The first-order chi connectivity index (χ1) is 14.6. The lowest BCUT2D eigenvalue weighted by Crippen LogP contribution is -2.34. The van der Waals surface area contributed by atoms with Crippen molar-refractivity contribution >= 4 is 0 Å². The summed E-state index contributed by atoms with van der Waals surface area (Å²) < 4.78 is 0. The number of aliphatic hydroxyl groups is 1. The third-order valence-corrected chi connectivity index (χ3v) is 10.2. The molecular formula is C30H54O. The van der Waals surface area contributed by atoms with Crippen molar-refractivity contribution in [2.24, 2.45) is 40.4 Å². The third-order valence-electron chi connectivity index (χ3n) is 10.2. The average Bonchev–Trinajstić information content (AvgIpc) is 3.02. The van der Waals surface area contributed by atoms with Crippen LogP contribution in [-0.4, -0.2) is 11.2 Å². The van der Waals surface area contributed by atoms with Crippen molar-refractivity contribution in [1.82, 2.24) is 0 Å². The summed E-state index contributed by atoms with van der Waals surface area (Å²) in [6, 6.07) is 0. The molecule has 0 unspecified atom stereocenters. The van der Waals surface area contributed by atoms with Crippen LogP contribution in [0.3, 0.4) is 0 Å². The minimum Gasteiger partial charge on any atom is -0.393 e. The maximum Gasteiger partial charge on any atom is 0.0577 e. The summed E-state index contributed by atoms with van der Waals surface area (Å²) in [5.74, 6) is 4.38. The van der Waals surface area contributed by atoms with Crippen molar-refractivity contribution < 1.29 is 5.11 Å². The van der Waals surface area contributed by atoms with Gasteiger partial charge in [0.25, 0.3) is 0 Å². The van der Waals surface area contributed by atoms with Gasteiger partial charge in [0, 0.05) is 0 Å². The molecule has 1 heteroatoms. The number of hydrogen-bond donors (Lipinski definition) is 1. The molecule has 0 aromatic rings. The highest BCUT2D eigenvalue weighted by Gasteiger charge is 2.48. The van der Waals surface area contributed by atoms with Crippen LogP contribution in [0.2, 0.25) is 0 Å². The standard InChI is InChI=1S/C30H54O/c1-22(2)9-7-10-24(4)28-16-15-25-13-11-23(3)12-14-26-21-27(31)17-20-29(26,5)18-8-19-30(25,28)6/h14,22-25,27-28,31H,7-13,15-21H2,1-6H3/b26-14-/t23-,24+,25+,27-,28+,29-,30-/m0/s1. The lowest BCUT2D eigenvalue weighted by atomic mass is 9.62. The number of hydrogen-bond acceptors (Lipinski definition) is 1. The molecule has 180 valence electrons. The molecule has 3 aliphatic carbocycles. The molecule has 0 radical (unpaired) electrons. The van der Waals surface area contributed by atoms with Crippen molar-refractivity contribution in [3.8, 4) is 0 Å². The molecule has 3 rings (SSSR count). The lowest BCUT2D eigenvalue weighted by molar-refractivity contribution is 0.0729. The highest BCUT2D eigenvalue weighted by atomic mass is 16.3. The average molecular weight is 431 g/mol. The topological polar surface area (TPSA) is 20.2 Å². The lowest BCUT2D eigenvalue weighted by Gasteiger charge is -2.43. The Balaban J connectivity index is 1.74. The SMILES string of the molecule is CC(C)CCC[C@@H](C)[C@H]1CC[C@H]2CC[C@H](C)C/C=C3/C[C@@H](O)CC[C@]3(C)CCC[C@@]21C. The van der Waals surface area contributed by atoms with Gasteiger partial charge in [0.2, 0.25) is 0 Å². The Kier molecular flexibility index (Phi) is 8.78. The van der Waals surface area contributed by atoms with E-state index in [1.54, 1.807) is 5.57 Å². The van der Waals surface area contributed by atoms with E-state index in [9.17, 15) is 5.11 Å². The van der Waals surface area contributed by atoms with Crippen molar-refractivity contribution in [3.63, 3.8) is 0 Å². The van der Waals surface area contributed by atoms with Crippen molar-refractivity contribution in [3.05, 3.63) is 11.6 Å². The molecule has 0 heterocycles. The van der Waals surface area contributed by atoms with E-state index in [2.05, 4.69) is 47.6 Å². The van der Waals surface area contributed by atoms with Gasteiger partial charge in [-0.2, -0.15) is 0 Å². The molecule has 1 nitrogen and oxygen atoms in total. The van der Waals surface area contributed by atoms with Gasteiger partial charge in [-0.25, -0.2) is 0 Å². The summed E-state index contributed by atoms with van der Waals surface area (Å²) in [6.45, 7) is 15.0. The number of allylic oxidation sites excluding steroid dienone is 1. The zero-order chi connectivity index (χ0) is 22.6. The van der Waals surface area contributed by atoms with E-state index in [0.717, 1.165) is 42.4 Å². The van der Waals surface area contributed by atoms with Crippen LogP contribution in [-0.2, 0) is 0 Å². The van der Waals surface area contributed by atoms with Crippen LogP contribution in [0.4, 0.5) is 0 Å². The van der Waals surface area contributed by atoms with Gasteiger partial charge in [0.1, 0.15) is 0 Å². The summed E-state index contributed by atoms with van der Waals surface area (Å²) in [4.78, 5) is 0. The quantitative estimate of drug-likeness (QED) is 0.431. The Morgan fingerprint density at radius 3 is 2.45 bits per heavy atom. The van der Waals surface area contributed by atoms with Gasteiger partial charge in [0.05, 0.1) is 6.10 Å². The zero-order valence-corrected chi connectivity index (χ0v) is 21.9. The minimum atomic E-state index is -0.102. The van der Waals surface area contributed by atoms with Gasteiger partial charge in [-0.3, -0.25) is 0 Å². The van der Waals surface area contributed by atoms with E-state index in [0.29, 0.717) is 10.8 Å². The van der Waals surface area contributed by atoms with Gasteiger partial charge in [-0.15, -0.1) is 0 Å². The predicted octanol–water partition coefficient (Wildman–Crippen LogP) is 8.95. The molecule has 2 fully saturated rings. The highest BCUT2D eigenvalue weighted by Crippen LogP contribution is 2.57. The molecule has 31 heavy (non-hydrogen) atoms. The summed E-state index contributed by atoms with van der Waals surface area (Å²) >= 11 is 0. The van der Waals surface area contributed by atoms with Crippen LogP contribution in [0.1, 0.15) is 131 Å². The monoisotopic (exact) mass is 430 g/mol. The van der Waals surface area contributed by atoms with Crippen molar-refractivity contribution in [2.75, 3.05) is 0 Å². The molecule has 0 aromatic heterocycles. The van der Waals surface area contributed by atoms with Crippen molar-refractivity contribution in [2.45, 2.75) is 138 Å². The number of fused-ring (bicyclic) bond motifs is 2. The smallest absolute Gasteiger partial charge is 0.0577 e. The zero-order valence-electron chi connectivity index (χ0n) is 21.9. The largest absolute Gasteiger partial charge is 0.393 e. The second kappa shape index (κ2) is 10.8. The molecule has 0 aliphatic heterocycles. The normalized spacial score (nSPS) is 42.6. The summed E-state index contributed by atoms with van der Waals surface area (Å²) in [5.41, 5.74) is 2.47. The number of aliphatic hydroxyl groups excluding tert-OH is 1. The summed E-state index contributed by atoms with van der Waals surface area (Å²) in [6.07, 6.45) is 21.0. The maximum absolute atomic E-state index is 10.3. The number of rotatable bonds is 5. The molecule has 0 bridgehead atoms. The van der Waals surface area contributed by atoms with Gasteiger partial charge in [-0.05, 0) is 98.2 Å². The van der Waals surface area contributed by atoms with Gasteiger partial charge < -0.3 is 5.11 Å². The fourth-order valence-electron chi connectivity index (χ4n) is 7.86. The Morgan fingerprint density at radius 2 is 1.71 bits per heavy atom. The molecule has 1 N–H and O–H groups in total. The van der Waals surface area contributed by atoms with E-state index >= 15 is 0 Å². The van der Waals surface area contributed by atoms with E-state index in [4.69, 9.17) is 0 Å². The highest BCUT2D eigenvalue weighted by molar-refractivity contribution is 5.18. The second-order valence-electron chi connectivity index (χ2n) is 13.1. The van der Waals surface area contributed by atoms with Gasteiger partial charge >= 0.3 is 0 Å². The van der Waals surface area contributed by atoms with Crippen LogP contribution >= 0.6 is 0 Å². The molecule has 3 aliphatic rings. The third kappa shape index (κ3) is 6.18.